The van der Waals surface area contributed by atoms with Crippen molar-refractivity contribution in [1.29, 1.82) is 0 Å². The Morgan fingerprint density at radius 2 is 2.29 bits per heavy atom. The van der Waals surface area contributed by atoms with Crippen LogP contribution >= 0.6 is 0 Å². The van der Waals surface area contributed by atoms with Crippen LogP contribution in [0, 0.1) is 0 Å². The molecule has 0 radical (unpaired) electrons. The maximum Gasteiger partial charge on any atom is 0.318 e. The molecule has 0 fully saturated rings. The number of carbonyl (C=O) groups is 1. The van der Waals surface area contributed by atoms with Crippen molar-refractivity contribution in [2.75, 3.05) is 12.4 Å². The second-order valence-electron chi connectivity index (χ2n) is 2.77. The predicted molar refractivity (Wildman–Crippen MR) is 52.3 cm³/mol. The highest BCUT2D eigenvalue weighted by Crippen LogP contribution is 2.11. The summed E-state index contributed by atoms with van der Waals surface area (Å²) in [4.78, 5) is 18.9. The summed E-state index contributed by atoms with van der Waals surface area (Å²) in [6.45, 7) is 3.40. The molecular weight excluding hydrogens is 182 g/mol. The van der Waals surface area contributed by atoms with Gasteiger partial charge < -0.3 is 10.1 Å². The molecular formula is C9H13N3O2. The molecule has 14 heavy (non-hydrogen) atoms. The third-order valence-electron chi connectivity index (χ3n) is 1.61. The van der Waals surface area contributed by atoms with Crippen molar-refractivity contribution >= 4 is 11.7 Å². The normalized spacial score (nSPS) is 9.64. The van der Waals surface area contributed by atoms with Gasteiger partial charge in [0.25, 0.3) is 0 Å². The topological polar surface area (TPSA) is 64.1 Å². The fourth-order valence-electron chi connectivity index (χ4n) is 0.990. The van der Waals surface area contributed by atoms with Crippen LogP contribution in [0.25, 0.3) is 0 Å². The molecule has 0 unspecified atom stereocenters. The Hall–Kier alpha value is -1.65. The van der Waals surface area contributed by atoms with Gasteiger partial charge in [-0.3, -0.25) is 4.79 Å². The standard InChI is InChI=1S/C9H13N3O2/c1-4-7-5-8(10-6(2)13)12-9(11-7)14-3/h5H,4H2,1-3H3,(H,10,11,12,13). The predicted octanol–water partition coefficient (Wildman–Crippen LogP) is 1.01. The van der Waals surface area contributed by atoms with Crippen molar-refractivity contribution in [1.82, 2.24) is 9.97 Å². The van der Waals surface area contributed by atoms with Crippen LogP contribution in [0.15, 0.2) is 6.07 Å². The van der Waals surface area contributed by atoms with Gasteiger partial charge in [-0.15, -0.1) is 0 Å². The number of aryl methyl sites for hydroxylation is 1. The number of anilines is 1. The van der Waals surface area contributed by atoms with Gasteiger partial charge in [0.05, 0.1) is 7.11 Å². The molecule has 1 N–H and O–H groups in total. The molecule has 76 valence electrons. The minimum Gasteiger partial charge on any atom is -0.467 e. The number of nitrogens with zero attached hydrogens (tertiary/aromatic N) is 2. The van der Waals surface area contributed by atoms with E-state index in [1.165, 1.54) is 14.0 Å². The van der Waals surface area contributed by atoms with E-state index >= 15 is 0 Å². The van der Waals surface area contributed by atoms with E-state index in [1.807, 2.05) is 6.92 Å². The lowest BCUT2D eigenvalue weighted by atomic mass is 10.3. The fraction of sp³-hybridized carbons (Fsp3) is 0.444. The maximum absolute atomic E-state index is 10.8. The summed E-state index contributed by atoms with van der Waals surface area (Å²) in [5, 5.41) is 2.58. The molecule has 5 nitrogen and oxygen atoms in total. The Balaban J connectivity index is 2.98. The second-order valence-corrected chi connectivity index (χ2v) is 2.77. The van der Waals surface area contributed by atoms with Crippen molar-refractivity contribution in [2.24, 2.45) is 0 Å². The molecule has 0 bridgehead atoms. The van der Waals surface area contributed by atoms with Crippen molar-refractivity contribution in [3.63, 3.8) is 0 Å². The molecule has 5 heteroatoms. The lowest BCUT2D eigenvalue weighted by molar-refractivity contribution is -0.114. The number of ether oxygens (including phenoxy) is 1. The highest BCUT2D eigenvalue weighted by Gasteiger charge is 2.04. The smallest absolute Gasteiger partial charge is 0.318 e. The van der Waals surface area contributed by atoms with Gasteiger partial charge in [0.15, 0.2) is 0 Å². The Bertz CT molecular complexity index is 317. The molecule has 0 aromatic carbocycles. The van der Waals surface area contributed by atoms with Crippen molar-refractivity contribution in [3.05, 3.63) is 11.8 Å². The Morgan fingerprint density at radius 1 is 1.57 bits per heavy atom. The van der Waals surface area contributed by atoms with E-state index < -0.39 is 0 Å². The van der Waals surface area contributed by atoms with Crippen LogP contribution in [-0.4, -0.2) is 23.0 Å². The van der Waals surface area contributed by atoms with Crippen LogP contribution in [0.1, 0.15) is 19.5 Å². The van der Waals surface area contributed by atoms with E-state index in [0.29, 0.717) is 5.82 Å². The van der Waals surface area contributed by atoms with E-state index in [-0.39, 0.29) is 11.9 Å². The molecule has 1 aromatic rings. The fourth-order valence-corrected chi connectivity index (χ4v) is 0.990. The molecule has 0 aliphatic rings. The number of aromatic nitrogens is 2. The summed E-state index contributed by atoms with van der Waals surface area (Å²) >= 11 is 0. The number of amides is 1. The highest BCUT2D eigenvalue weighted by atomic mass is 16.5. The van der Waals surface area contributed by atoms with Crippen LogP contribution in [0.5, 0.6) is 6.01 Å². The molecule has 0 saturated carbocycles. The molecule has 0 aliphatic heterocycles. The van der Waals surface area contributed by atoms with Crippen molar-refractivity contribution in [2.45, 2.75) is 20.3 Å². The van der Waals surface area contributed by atoms with Gasteiger partial charge in [0.1, 0.15) is 5.82 Å². The van der Waals surface area contributed by atoms with Crippen molar-refractivity contribution < 1.29 is 9.53 Å². The SMILES string of the molecule is CCc1cc(NC(C)=O)nc(OC)n1. The summed E-state index contributed by atoms with van der Waals surface area (Å²) in [6, 6.07) is 2.00. The van der Waals surface area contributed by atoms with Gasteiger partial charge in [-0.05, 0) is 6.42 Å². The van der Waals surface area contributed by atoms with Crippen LogP contribution in [-0.2, 0) is 11.2 Å². The van der Waals surface area contributed by atoms with Gasteiger partial charge in [-0.25, -0.2) is 4.98 Å². The summed E-state index contributed by atoms with van der Waals surface area (Å²) in [7, 11) is 1.49. The Morgan fingerprint density at radius 3 is 2.79 bits per heavy atom. The van der Waals surface area contributed by atoms with E-state index in [4.69, 9.17) is 4.74 Å². The van der Waals surface area contributed by atoms with Crippen LogP contribution in [0.3, 0.4) is 0 Å². The van der Waals surface area contributed by atoms with Gasteiger partial charge in [0, 0.05) is 18.7 Å². The summed E-state index contributed by atoms with van der Waals surface area (Å²) < 4.78 is 4.91. The van der Waals surface area contributed by atoms with Crippen LogP contribution in [0.4, 0.5) is 5.82 Å². The van der Waals surface area contributed by atoms with Gasteiger partial charge >= 0.3 is 6.01 Å². The summed E-state index contributed by atoms with van der Waals surface area (Å²) in [6.07, 6.45) is 0.769. The number of nitrogens with one attached hydrogen (secondary N) is 1. The van der Waals surface area contributed by atoms with Gasteiger partial charge in [-0.1, -0.05) is 6.92 Å². The van der Waals surface area contributed by atoms with E-state index in [0.717, 1.165) is 12.1 Å². The largest absolute Gasteiger partial charge is 0.467 e. The van der Waals surface area contributed by atoms with E-state index in [1.54, 1.807) is 6.07 Å². The number of rotatable bonds is 3. The molecule has 0 saturated heterocycles. The Labute approximate surface area is 82.5 Å². The van der Waals surface area contributed by atoms with E-state index in [9.17, 15) is 4.79 Å². The first kappa shape index (κ1) is 10.4. The zero-order chi connectivity index (χ0) is 10.6. The number of methoxy groups -OCH3 is 1. The molecule has 1 amide bonds. The number of carbonyl (C=O) groups excluding carboxylic acids is 1. The van der Waals surface area contributed by atoms with Gasteiger partial charge in [-0.2, -0.15) is 4.98 Å². The Kier molecular flexibility index (Phi) is 3.39. The lowest BCUT2D eigenvalue weighted by Crippen LogP contribution is -2.09. The molecule has 1 rings (SSSR count). The minimum atomic E-state index is -0.159. The first-order valence-corrected chi connectivity index (χ1v) is 4.35. The van der Waals surface area contributed by atoms with Crippen molar-refractivity contribution in [3.8, 4) is 6.01 Å². The molecule has 0 aliphatic carbocycles. The van der Waals surface area contributed by atoms with E-state index in [2.05, 4.69) is 15.3 Å². The molecule has 0 atom stereocenters. The van der Waals surface area contributed by atoms with Crippen LogP contribution < -0.4 is 10.1 Å². The second kappa shape index (κ2) is 4.55. The zero-order valence-electron chi connectivity index (χ0n) is 8.50. The summed E-state index contributed by atoms with van der Waals surface area (Å²) in [5.74, 6) is 0.314. The molecule has 0 spiro atoms. The number of hydrogen-bond donors (Lipinski definition) is 1. The zero-order valence-corrected chi connectivity index (χ0v) is 8.50. The average Bonchev–Trinajstić information content (AvgIpc) is 2.16. The van der Waals surface area contributed by atoms with Crippen LogP contribution in [0.2, 0.25) is 0 Å². The summed E-state index contributed by atoms with van der Waals surface area (Å²) in [5.41, 5.74) is 0.834. The third kappa shape index (κ3) is 2.69. The number of hydrogen-bond acceptors (Lipinski definition) is 4. The third-order valence-corrected chi connectivity index (χ3v) is 1.61. The quantitative estimate of drug-likeness (QED) is 0.781. The lowest BCUT2D eigenvalue weighted by Gasteiger charge is -2.05. The monoisotopic (exact) mass is 195 g/mol. The minimum absolute atomic E-state index is 0.159. The maximum atomic E-state index is 10.8. The van der Waals surface area contributed by atoms with Gasteiger partial charge in [0.2, 0.25) is 5.91 Å². The highest BCUT2D eigenvalue weighted by molar-refractivity contribution is 5.87. The molecule has 1 aromatic heterocycles. The molecule has 1 heterocycles. The first-order valence-electron chi connectivity index (χ1n) is 4.35. The first-order chi connectivity index (χ1) is 6.65. The average molecular weight is 195 g/mol.